The molecular weight excluding hydrogens is 324 g/mol. The SMILES string of the molecule is CCOCc1ccc(CNC(=NC)NCCCN2CCCCC2C)cc1. The highest BCUT2D eigenvalue weighted by atomic mass is 16.5. The summed E-state index contributed by atoms with van der Waals surface area (Å²) in [6.07, 6.45) is 5.24. The predicted molar refractivity (Wildman–Crippen MR) is 109 cm³/mol. The molecule has 0 aliphatic carbocycles. The number of aliphatic imine (C=N–C) groups is 1. The lowest BCUT2D eigenvalue weighted by atomic mass is 10.0. The van der Waals surface area contributed by atoms with Gasteiger partial charge in [-0.25, -0.2) is 0 Å². The number of guanidine groups is 1. The molecule has 1 atom stereocenters. The second kappa shape index (κ2) is 11.9. The van der Waals surface area contributed by atoms with E-state index < -0.39 is 0 Å². The van der Waals surface area contributed by atoms with Crippen LogP contribution in [0.3, 0.4) is 0 Å². The fraction of sp³-hybridized carbons (Fsp3) is 0.667. The predicted octanol–water partition coefficient (Wildman–Crippen LogP) is 3.15. The average Bonchev–Trinajstić information content (AvgIpc) is 2.68. The van der Waals surface area contributed by atoms with Gasteiger partial charge in [0.15, 0.2) is 5.96 Å². The Morgan fingerprint density at radius 3 is 2.65 bits per heavy atom. The van der Waals surface area contributed by atoms with E-state index in [1.54, 1.807) is 0 Å². The maximum absolute atomic E-state index is 5.43. The quantitative estimate of drug-likeness (QED) is 0.403. The molecule has 1 aliphatic heterocycles. The van der Waals surface area contributed by atoms with Crippen molar-refractivity contribution in [2.45, 2.75) is 58.7 Å². The van der Waals surface area contributed by atoms with Gasteiger partial charge >= 0.3 is 0 Å². The molecule has 26 heavy (non-hydrogen) atoms. The van der Waals surface area contributed by atoms with E-state index >= 15 is 0 Å². The minimum Gasteiger partial charge on any atom is -0.377 e. The molecule has 0 aromatic heterocycles. The summed E-state index contributed by atoms with van der Waals surface area (Å²) in [6, 6.07) is 9.29. The lowest BCUT2D eigenvalue weighted by Crippen LogP contribution is -2.41. The van der Waals surface area contributed by atoms with E-state index in [1.807, 2.05) is 14.0 Å². The van der Waals surface area contributed by atoms with Crippen LogP contribution in [-0.4, -0.2) is 50.2 Å². The van der Waals surface area contributed by atoms with E-state index in [2.05, 4.69) is 51.7 Å². The van der Waals surface area contributed by atoms with Gasteiger partial charge in [-0.1, -0.05) is 30.7 Å². The van der Waals surface area contributed by atoms with Crippen LogP contribution in [0.4, 0.5) is 0 Å². The first kappa shape index (κ1) is 20.7. The van der Waals surface area contributed by atoms with Crippen LogP contribution in [0.2, 0.25) is 0 Å². The van der Waals surface area contributed by atoms with Crippen LogP contribution < -0.4 is 10.6 Å². The van der Waals surface area contributed by atoms with Crippen molar-refractivity contribution in [1.82, 2.24) is 15.5 Å². The molecule has 146 valence electrons. The monoisotopic (exact) mass is 360 g/mol. The second-order valence-corrected chi connectivity index (χ2v) is 7.04. The number of rotatable bonds is 9. The van der Waals surface area contributed by atoms with Gasteiger partial charge in [0.25, 0.3) is 0 Å². The molecule has 1 aromatic carbocycles. The van der Waals surface area contributed by atoms with Crippen LogP contribution >= 0.6 is 0 Å². The summed E-state index contributed by atoms with van der Waals surface area (Å²) >= 11 is 0. The van der Waals surface area contributed by atoms with E-state index in [9.17, 15) is 0 Å². The Bertz CT molecular complexity index is 529. The largest absolute Gasteiger partial charge is 0.377 e. The van der Waals surface area contributed by atoms with E-state index in [4.69, 9.17) is 4.74 Å². The van der Waals surface area contributed by atoms with Crippen molar-refractivity contribution in [3.63, 3.8) is 0 Å². The molecule has 1 aromatic rings. The van der Waals surface area contributed by atoms with Gasteiger partial charge in [-0.05, 0) is 50.8 Å². The zero-order valence-electron chi connectivity index (χ0n) is 16.8. The normalized spacial score (nSPS) is 18.7. The van der Waals surface area contributed by atoms with E-state index in [-0.39, 0.29) is 0 Å². The highest BCUT2D eigenvalue weighted by Gasteiger charge is 2.17. The highest BCUT2D eigenvalue weighted by Crippen LogP contribution is 2.16. The van der Waals surface area contributed by atoms with Crippen molar-refractivity contribution in [1.29, 1.82) is 0 Å². The van der Waals surface area contributed by atoms with Crippen molar-refractivity contribution in [3.05, 3.63) is 35.4 Å². The molecule has 5 heteroatoms. The Balaban J connectivity index is 1.64. The highest BCUT2D eigenvalue weighted by molar-refractivity contribution is 5.79. The van der Waals surface area contributed by atoms with Crippen LogP contribution in [0.5, 0.6) is 0 Å². The van der Waals surface area contributed by atoms with Crippen molar-refractivity contribution in [3.8, 4) is 0 Å². The van der Waals surface area contributed by atoms with Gasteiger partial charge in [0.05, 0.1) is 6.61 Å². The number of ether oxygens (including phenoxy) is 1. The summed E-state index contributed by atoms with van der Waals surface area (Å²) in [5, 5.41) is 6.82. The summed E-state index contributed by atoms with van der Waals surface area (Å²) in [4.78, 5) is 6.94. The maximum Gasteiger partial charge on any atom is 0.191 e. The molecule has 0 saturated carbocycles. The summed E-state index contributed by atoms with van der Waals surface area (Å²) in [5.74, 6) is 0.870. The number of nitrogens with zero attached hydrogens (tertiary/aromatic N) is 2. The van der Waals surface area contributed by atoms with Gasteiger partial charge in [0, 0.05) is 39.3 Å². The summed E-state index contributed by atoms with van der Waals surface area (Å²) in [6.45, 7) is 9.97. The minimum absolute atomic E-state index is 0.684. The van der Waals surface area contributed by atoms with Gasteiger partial charge < -0.3 is 20.3 Å². The molecule has 1 unspecified atom stereocenters. The number of piperidine rings is 1. The zero-order chi connectivity index (χ0) is 18.6. The Morgan fingerprint density at radius 1 is 1.19 bits per heavy atom. The van der Waals surface area contributed by atoms with E-state index in [1.165, 1.54) is 43.5 Å². The number of benzene rings is 1. The molecule has 2 rings (SSSR count). The first-order chi connectivity index (χ1) is 12.7. The molecule has 1 saturated heterocycles. The number of likely N-dealkylation sites (tertiary alicyclic amines) is 1. The molecule has 0 bridgehead atoms. The molecule has 0 amide bonds. The molecule has 0 radical (unpaired) electrons. The third-order valence-electron chi connectivity index (χ3n) is 5.03. The van der Waals surface area contributed by atoms with Crippen molar-refractivity contribution in [2.75, 3.05) is 33.3 Å². The summed E-state index contributed by atoms with van der Waals surface area (Å²) in [5.41, 5.74) is 2.46. The van der Waals surface area contributed by atoms with Gasteiger partial charge in [-0.2, -0.15) is 0 Å². The van der Waals surface area contributed by atoms with Crippen LogP contribution in [0.1, 0.15) is 50.7 Å². The van der Waals surface area contributed by atoms with Crippen LogP contribution in [0.25, 0.3) is 0 Å². The van der Waals surface area contributed by atoms with Crippen molar-refractivity contribution >= 4 is 5.96 Å². The van der Waals surface area contributed by atoms with E-state index in [0.717, 1.165) is 38.1 Å². The number of nitrogens with one attached hydrogen (secondary N) is 2. The molecule has 5 nitrogen and oxygen atoms in total. The van der Waals surface area contributed by atoms with Crippen LogP contribution in [0, 0.1) is 0 Å². The summed E-state index contributed by atoms with van der Waals surface area (Å²) in [7, 11) is 1.83. The molecule has 1 heterocycles. The van der Waals surface area contributed by atoms with Crippen molar-refractivity contribution in [2.24, 2.45) is 4.99 Å². The average molecular weight is 361 g/mol. The Morgan fingerprint density at radius 2 is 1.96 bits per heavy atom. The lowest BCUT2D eigenvalue weighted by molar-refractivity contribution is 0.134. The van der Waals surface area contributed by atoms with Crippen LogP contribution in [0.15, 0.2) is 29.3 Å². The Hall–Kier alpha value is -1.59. The maximum atomic E-state index is 5.43. The van der Waals surface area contributed by atoms with Crippen LogP contribution in [-0.2, 0) is 17.9 Å². The zero-order valence-corrected chi connectivity index (χ0v) is 16.8. The van der Waals surface area contributed by atoms with Gasteiger partial charge in [-0.15, -0.1) is 0 Å². The molecule has 1 aliphatic rings. The topological polar surface area (TPSA) is 48.9 Å². The van der Waals surface area contributed by atoms with Crippen molar-refractivity contribution < 1.29 is 4.74 Å². The molecule has 1 fully saturated rings. The van der Waals surface area contributed by atoms with E-state index in [0.29, 0.717) is 6.61 Å². The number of hydrogen-bond acceptors (Lipinski definition) is 3. The smallest absolute Gasteiger partial charge is 0.191 e. The third-order valence-corrected chi connectivity index (χ3v) is 5.03. The minimum atomic E-state index is 0.684. The second-order valence-electron chi connectivity index (χ2n) is 7.04. The van der Waals surface area contributed by atoms with Gasteiger partial charge in [0.2, 0.25) is 0 Å². The first-order valence-electron chi connectivity index (χ1n) is 10.1. The molecule has 0 spiro atoms. The van der Waals surface area contributed by atoms with Gasteiger partial charge in [-0.3, -0.25) is 4.99 Å². The molecular formula is C21H36N4O. The standard InChI is InChI=1S/C21H36N4O/c1-4-26-17-20-11-9-19(10-12-20)16-24-21(22-3)23-13-7-15-25-14-6-5-8-18(25)2/h9-12,18H,4-8,13-17H2,1-3H3,(H2,22,23,24). The fourth-order valence-electron chi connectivity index (χ4n) is 3.36. The lowest BCUT2D eigenvalue weighted by Gasteiger charge is -2.33. The first-order valence-corrected chi connectivity index (χ1v) is 10.1. The summed E-state index contributed by atoms with van der Waals surface area (Å²) < 4.78 is 5.43. The Labute approximate surface area is 159 Å². The molecule has 2 N–H and O–H groups in total. The van der Waals surface area contributed by atoms with Gasteiger partial charge in [0.1, 0.15) is 0 Å². The number of hydrogen-bond donors (Lipinski definition) is 2. The third kappa shape index (κ3) is 7.34. The fourth-order valence-corrected chi connectivity index (χ4v) is 3.36. The Kier molecular flexibility index (Phi) is 9.50.